The Morgan fingerprint density at radius 3 is 2.83 bits per heavy atom. The van der Waals surface area contributed by atoms with Crippen LogP contribution in [0.15, 0.2) is 23.2 Å². The molecule has 0 bridgehead atoms. The van der Waals surface area contributed by atoms with Crippen LogP contribution in [-0.4, -0.2) is 17.8 Å². The molecule has 0 saturated carbocycles. The highest BCUT2D eigenvalue weighted by Gasteiger charge is 1.93. The molecule has 0 aliphatic rings. The van der Waals surface area contributed by atoms with Crippen molar-refractivity contribution < 1.29 is 0 Å². The van der Waals surface area contributed by atoms with E-state index in [1.54, 1.807) is 0 Å². The third-order valence-electron chi connectivity index (χ3n) is 1.47. The van der Waals surface area contributed by atoms with Crippen LogP contribution in [0, 0.1) is 0 Å². The average Bonchev–Trinajstić information content (AvgIpc) is 2.09. The van der Waals surface area contributed by atoms with Crippen LogP contribution in [0.25, 0.3) is 0 Å². The average molecular weight is 182 g/mol. The topological polar surface area (TPSA) is 24.9 Å². The first-order valence-corrected chi connectivity index (χ1v) is 5.07. The minimum Gasteiger partial charge on any atom is -0.314 e. The third kappa shape index (κ3) is 2.83. The molecule has 1 aromatic rings. The van der Waals surface area contributed by atoms with Gasteiger partial charge in [-0.05, 0) is 24.9 Å². The number of nitrogens with zero attached hydrogens (tertiary/aromatic N) is 1. The lowest BCUT2D eigenvalue weighted by Gasteiger charge is -2.00. The molecule has 1 rings (SSSR count). The fourth-order valence-electron chi connectivity index (χ4n) is 0.949. The number of hydrogen-bond acceptors (Lipinski definition) is 3. The Labute approximate surface area is 77.8 Å². The Hall–Kier alpha value is -0.540. The molecule has 1 aromatic heterocycles. The van der Waals surface area contributed by atoms with Gasteiger partial charge in [0.1, 0.15) is 0 Å². The highest BCUT2D eigenvalue weighted by molar-refractivity contribution is 7.99. The first-order chi connectivity index (χ1) is 5.86. The zero-order valence-electron chi connectivity index (χ0n) is 7.50. The monoisotopic (exact) mass is 182 g/mol. The second kappa shape index (κ2) is 5.17. The Kier molecular flexibility index (Phi) is 4.11. The van der Waals surface area contributed by atoms with E-state index in [9.17, 15) is 0 Å². The maximum absolute atomic E-state index is 4.30. The molecule has 0 aliphatic carbocycles. The van der Waals surface area contributed by atoms with Crippen molar-refractivity contribution in [3.8, 4) is 0 Å². The van der Waals surface area contributed by atoms with Crippen LogP contribution in [0.5, 0.6) is 0 Å². The van der Waals surface area contributed by atoms with E-state index in [1.165, 1.54) is 4.90 Å². The van der Waals surface area contributed by atoms with Crippen molar-refractivity contribution in [3.05, 3.63) is 24.0 Å². The van der Waals surface area contributed by atoms with Crippen LogP contribution >= 0.6 is 11.8 Å². The number of thioether (sulfide) groups is 1. The van der Waals surface area contributed by atoms with Crippen molar-refractivity contribution in [1.82, 2.24) is 10.3 Å². The van der Waals surface area contributed by atoms with Crippen LogP contribution in [0.2, 0.25) is 0 Å². The lowest BCUT2D eigenvalue weighted by atomic mass is 10.3. The summed E-state index contributed by atoms with van der Waals surface area (Å²) in [5.74, 6) is 1.10. The molecule has 12 heavy (non-hydrogen) atoms. The Balaban J connectivity index is 2.58. The van der Waals surface area contributed by atoms with Crippen LogP contribution in [0.3, 0.4) is 0 Å². The van der Waals surface area contributed by atoms with Gasteiger partial charge < -0.3 is 5.32 Å². The summed E-state index contributed by atoms with van der Waals surface area (Å²) >= 11 is 1.82. The van der Waals surface area contributed by atoms with Gasteiger partial charge in [0.05, 0.1) is 5.69 Å². The van der Waals surface area contributed by atoms with Gasteiger partial charge in [0.2, 0.25) is 0 Å². The molecule has 0 aliphatic heterocycles. The first-order valence-electron chi connectivity index (χ1n) is 4.09. The van der Waals surface area contributed by atoms with Crippen LogP contribution < -0.4 is 5.32 Å². The summed E-state index contributed by atoms with van der Waals surface area (Å²) < 4.78 is 0. The van der Waals surface area contributed by atoms with Gasteiger partial charge in [-0.1, -0.05) is 6.92 Å². The van der Waals surface area contributed by atoms with Gasteiger partial charge in [-0.3, -0.25) is 4.98 Å². The van der Waals surface area contributed by atoms with E-state index in [0.717, 1.165) is 18.0 Å². The summed E-state index contributed by atoms with van der Waals surface area (Å²) in [7, 11) is 1.93. The van der Waals surface area contributed by atoms with E-state index in [4.69, 9.17) is 0 Å². The van der Waals surface area contributed by atoms with E-state index >= 15 is 0 Å². The lowest BCUT2D eigenvalue weighted by molar-refractivity contribution is 0.788. The molecule has 1 heterocycles. The molecule has 0 atom stereocenters. The summed E-state index contributed by atoms with van der Waals surface area (Å²) in [6.45, 7) is 2.99. The van der Waals surface area contributed by atoms with E-state index in [1.807, 2.05) is 25.0 Å². The number of nitrogens with one attached hydrogen (secondary N) is 1. The summed E-state index contributed by atoms with van der Waals surface area (Å²) in [5.41, 5.74) is 1.10. The molecule has 0 spiro atoms. The lowest BCUT2D eigenvalue weighted by Crippen LogP contribution is -2.06. The van der Waals surface area contributed by atoms with Crippen molar-refractivity contribution in [2.75, 3.05) is 12.8 Å². The van der Waals surface area contributed by atoms with Crippen molar-refractivity contribution in [1.29, 1.82) is 0 Å². The highest BCUT2D eigenvalue weighted by atomic mass is 32.2. The second-order valence-electron chi connectivity index (χ2n) is 2.45. The maximum Gasteiger partial charge on any atom is 0.0542 e. The van der Waals surface area contributed by atoms with Gasteiger partial charge >= 0.3 is 0 Å². The first kappa shape index (κ1) is 9.55. The SMILES string of the molecule is CCSc1ccc(CNC)nc1. The fraction of sp³-hybridized carbons (Fsp3) is 0.444. The van der Waals surface area contributed by atoms with E-state index in [0.29, 0.717) is 0 Å². The molecule has 0 unspecified atom stereocenters. The largest absolute Gasteiger partial charge is 0.314 e. The number of aromatic nitrogens is 1. The smallest absolute Gasteiger partial charge is 0.0542 e. The van der Waals surface area contributed by atoms with Crippen molar-refractivity contribution in [2.45, 2.75) is 18.4 Å². The standard InChI is InChI=1S/C9H14N2S/c1-3-12-9-5-4-8(6-10-2)11-7-9/h4-5,7,10H,3,6H2,1-2H3. The Bertz CT molecular complexity index is 195. The van der Waals surface area contributed by atoms with Gasteiger partial charge in [-0.2, -0.15) is 0 Å². The molecule has 0 radical (unpaired) electrons. The van der Waals surface area contributed by atoms with E-state index < -0.39 is 0 Å². The highest BCUT2D eigenvalue weighted by Crippen LogP contribution is 2.15. The molecule has 0 amide bonds. The van der Waals surface area contributed by atoms with Gasteiger partial charge in [0.15, 0.2) is 0 Å². The molecule has 0 fully saturated rings. The number of rotatable bonds is 4. The molecular formula is C9H14N2S. The number of hydrogen-bond donors (Lipinski definition) is 1. The molecule has 3 heteroatoms. The summed E-state index contributed by atoms with van der Waals surface area (Å²) in [6.07, 6.45) is 1.93. The van der Waals surface area contributed by atoms with Gasteiger partial charge in [0.25, 0.3) is 0 Å². The predicted octanol–water partition coefficient (Wildman–Crippen LogP) is 1.91. The quantitative estimate of drug-likeness (QED) is 0.720. The van der Waals surface area contributed by atoms with Gasteiger partial charge in [0, 0.05) is 17.6 Å². The summed E-state index contributed by atoms with van der Waals surface area (Å²) in [6, 6.07) is 4.18. The third-order valence-corrected chi connectivity index (χ3v) is 2.33. The second-order valence-corrected chi connectivity index (χ2v) is 3.79. The predicted molar refractivity (Wildman–Crippen MR) is 53.4 cm³/mol. The van der Waals surface area contributed by atoms with E-state index in [-0.39, 0.29) is 0 Å². The van der Waals surface area contributed by atoms with Crippen molar-refractivity contribution in [3.63, 3.8) is 0 Å². The zero-order valence-corrected chi connectivity index (χ0v) is 8.32. The molecule has 66 valence electrons. The summed E-state index contributed by atoms with van der Waals surface area (Å²) in [4.78, 5) is 5.55. The van der Waals surface area contributed by atoms with Crippen molar-refractivity contribution >= 4 is 11.8 Å². The Morgan fingerprint density at radius 2 is 2.33 bits per heavy atom. The zero-order chi connectivity index (χ0) is 8.81. The Morgan fingerprint density at radius 1 is 1.50 bits per heavy atom. The summed E-state index contributed by atoms with van der Waals surface area (Å²) in [5, 5.41) is 3.07. The van der Waals surface area contributed by atoms with Crippen LogP contribution in [-0.2, 0) is 6.54 Å². The molecule has 1 N–H and O–H groups in total. The van der Waals surface area contributed by atoms with Gasteiger partial charge in [-0.15, -0.1) is 11.8 Å². The van der Waals surface area contributed by atoms with Gasteiger partial charge in [-0.25, -0.2) is 0 Å². The molecule has 0 saturated heterocycles. The normalized spacial score (nSPS) is 10.2. The minimum atomic E-state index is 0.844. The van der Waals surface area contributed by atoms with Crippen LogP contribution in [0.4, 0.5) is 0 Å². The fourth-order valence-corrected chi connectivity index (χ4v) is 1.57. The molecule has 0 aromatic carbocycles. The molecule has 2 nitrogen and oxygen atoms in total. The molecular weight excluding hydrogens is 168 g/mol. The number of pyridine rings is 1. The minimum absolute atomic E-state index is 0.844. The maximum atomic E-state index is 4.30. The van der Waals surface area contributed by atoms with E-state index in [2.05, 4.69) is 29.4 Å². The van der Waals surface area contributed by atoms with Crippen molar-refractivity contribution in [2.24, 2.45) is 0 Å². The van der Waals surface area contributed by atoms with Crippen LogP contribution in [0.1, 0.15) is 12.6 Å².